The molecule has 3 aromatic rings. The number of hydrogen-bond donors (Lipinski definition) is 0. The Bertz CT molecular complexity index is 1100. The van der Waals surface area contributed by atoms with E-state index in [0.29, 0.717) is 9.82 Å². The molecule has 1 aromatic heterocycles. The van der Waals surface area contributed by atoms with Crippen LogP contribution in [0.1, 0.15) is 11.1 Å². The molecule has 0 saturated heterocycles. The topological polar surface area (TPSA) is 60.7 Å². The lowest BCUT2D eigenvalue weighted by molar-refractivity contribution is -0.141. The van der Waals surface area contributed by atoms with Crippen molar-refractivity contribution in [1.82, 2.24) is 4.57 Å². The first-order chi connectivity index (χ1) is 13.0. The number of benzene rings is 2. The summed E-state index contributed by atoms with van der Waals surface area (Å²) in [5, 5.41) is 0.584. The molecule has 138 valence electrons. The highest BCUT2D eigenvalue weighted by molar-refractivity contribution is 7.16. The minimum atomic E-state index is -0.428. The van der Waals surface area contributed by atoms with Crippen LogP contribution in [0, 0.1) is 6.92 Å². The molecule has 0 aliphatic heterocycles. The second-order valence-corrected chi connectivity index (χ2v) is 7.18. The van der Waals surface area contributed by atoms with Crippen molar-refractivity contribution in [3.8, 4) is 0 Å². The quantitative estimate of drug-likeness (QED) is 0.491. The van der Waals surface area contributed by atoms with Crippen molar-refractivity contribution in [2.45, 2.75) is 13.5 Å². The highest BCUT2D eigenvalue weighted by Crippen LogP contribution is 2.27. The van der Waals surface area contributed by atoms with Gasteiger partial charge >= 0.3 is 5.97 Å². The summed E-state index contributed by atoms with van der Waals surface area (Å²) < 4.78 is 7.34. The minimum Gasteiger partial charge on any atom is -0.468 e. The maximum absolute atomic E-state index is 12.3. The number of aryl methyl sites for hydroxylation is 1. The molecule has 0 unspecified atom stereocenters. The first kappa shape index (κ1) is 19.1. The number of thiazole rings is 1. The summed E-state index contributed by atoms with van der Waals surface area (Å²) in [5.74, 6) is -0.837. The fourth-order valence-electron chi connectivity index (χ4n) is 2.60. The molecular weight excluding hydrogens is 384 g/mol. The Hall–Kier alpha value is -2.70. The van der Waals surface area contributed by atoms with Gasteiger partial charge in [-0.25, -0.2) is 0 Å². The maximum Gasteiger partial charge on any atom is 0.325 e. The number of halogens is 1. The molecule has 2 aromatic carbocycles. The number of amides is 1. The fourth-order valence-corrected chi connectivity index (χ4v) is 3.85. The monoisotopic (exact) mass is 400 g/mol. The Kier molecular flexibility index (Phi) is 5.88. The van der Waals surface area contributed by atoms with Crippen molar-refractivity contribution in [3.63, 3.8) is 0 Å². The van der Waals surface area contributed by atoms with Gasteiger partial charge < -0.3 is 9.30 Å². The van der Waals surface area contributed by atoms with Crippen molar-refractivity contribution in [1.29, 1.82) is 0 Å². The van der Waals surface area contributed by atoms with Crippen LogP contribution in [0.15, 0.2) is 53.5 Å². The van der Waals surface area contributed by atoms with Gasteiger partial charge in [-0.15, -0.1) is 0 Å². The molecule has 0 bridgehead atoms. The number of nitrogens with zero attached hydrogens (tertiary/aromatic N) is 2. The van der Waals surface area contributed by atoms with Crippen LogP contribution in [0.25, 0.3) is 16.3 Å². The molecule has 1 heterocycles. The molecule has 0 N–H and O–H groups in total. The van der Waals surface area contributed by atoms with E-state index in [-0.39, 0.29) is 6.54 Å². The van der Waals surface area contributed by atoms with Gasteiger partial charge in [-0.05, 0) is 36.3 Å². The molecule has 0 aliphatic rings. The van der Waals surface area contributed by atoms with Crippen molar-refractivity contribution in [3.05, 3.63) is 69.5 Å². The van der Waals surface area contributed by atoms with Gasteiger partial charge in [-0.3, -0.25) is 9.59 Å². The van der Waals surface area contributed by atoms with Gasteiger partial charge in [-0.2, -0.15) is 4.99 Å². The SMILES string of the molecule is COC(=O)Cn1c(=NC(=O)C=Cc2ccccc2)sc2ccc(Cl)c(C)c21. The van der Waals surface area contributed by atoms with Gasteiger partial charge in [0.25, 0.3) is 5.91 Å². The second kappa shape index (κ2) is 8.33. The van der Waals surface area contributed by atoms with E-state index in [1.165, 1.54) is 24.5 Å². The summed E-state index contributed by atoms with van der Waals surface area (Å²) >= 11 is 7.55. The number of ether oxygens (including phenoxy) is 1. The predicted octanol–water partition coefficient (Wildman–Crippen LogP) is 3.98. The standard InChI is InChI=1S/C20H17ClN2O3S/c1-13-15(21)9-10-16-19(13)23(12-18(25)26-2)20(27-16)22-17(24)11-8-14-6-4-3-5-7-14/h3-11H,12H2,1-2H3. The van der Waals surface area contributed by atoms with Crippen molar-refractivity contribution in [2.75, 3.05) is 7.11 Å². The van der Waals surface area contributed by atoms with Crippen LogP contribution in [0.3, 0.4) is 0 Å². The molecule has 0 saturated carbocycles. The van der Waals surface area contributed by atoms with Gasteiger partial charge in [0.2, 0.25) is 0 Å². The number of esters is 1. The molecule has 3 rings (SSSR count). The zero-order chi connectivity index (χ0) is 19.4. The molecular formula is C20H17ClN2O3S. The molecule has 0 spiro atoms. The molecule has 7 heteroatoms. The molecule has 27 heavy (non-hydrogen) atoms. The van der Waals surface area contributed by atoms with Crippen LogP contribution in [-0.4, -0.2) is 23.6 Å². The number of aromatic nitrogens is 1. The number of rotatable bonds is 4. The van der Waals surface area contributed by atoms with Crippen LogP contribution >= 0.6 is 22.9 Å². The molecule has 0 radical (unpaired) electrons. The van der Waals surface area contributed by atoms with Crippen LogP contribution < -0.4 is 4.80 Å². The smallest absolute Gasteiger partial charge is 0.325 e. The zero-order valence-electron chi connectivity index (χ0n) is 14.8. The Morgan fingerprint density at radius 1 is 1.22 bits per heavy atom. The summed E-state index contributed by atoms with van der Waals surface area (Å²) in [6.07, 6.45) is 3.11. The number of carbonyl (C=O) groups excluding carboxylic acids is 2. The highest BCUT2D eigenvalue weighted by Gasteiger charge is 2.14. The van der Waals surface area contributed by atoms with Gasteiger partial charge in [0.1, 0.15) is 6.54 Å². The number of methoxy groups -OCH3 is 1. The van der Waals surface area contributed by atoms with E-state index >= 15 is 0 Å². The van der Waals surface area contributed by atoms with E-state index in [4.69, 9.17) is 16.3 Å². The van der Waals surface area contributed by atoms with Crippen LogP contribution in [0.5, 0.6) is 0 Å². The van der Waals surface area contributed by atoms with Gasteiger partial charge in [0, 0.05) is 11.1 Å². The van der Waals surface area contributed by atoms with E-state index in [1.54, 1.807) is 16.7 Å². The third kappa shape index (κ3) is 4.35. The average Bonchev–Trinajstić information content (AvgIpc) is 3.01. The van der Waals surface area contributed by atoms with E-state index in [0.717, 1.165) is 21.3 Å². The van der Waals surface area contributed by atoms with Crippen LogP contribution in [0.2, 0.25) is 5.02 Å². The second-order valence-electron chi connectivity index (χ2n) is 5.76. The third-order valence-electron chi connectivity index (χ3n) is 3.97. The number of fused-ring (bicyclic) bond motifs is 1. The lowest BCUT2D eigenvalue weighted by Gasteiger charge is -2.06. The largest absolute Gasteiger partial charge is 0.468 e. The molecule has 1 amide bonds. The number of hydrogen-bond acceptors (Lipinski definition) is 4. The van der Waals surface area contributed by atoms with E-state index in [2.05, 4.69) is 4.99 Å². The summed E-state index contributed by atoms with van der Waals surface area (Å²) in [7, 11) is 1.32. The van der Waals surface area contributed by atoms with Gasteiger partial charge in [-0.1, -0.05) is 53.3 Å². The average molecular weight is 401 g/mol. The van der Waals surface area contributed by atoms with Crippen molar-refractivity contribution >= 4 is 51.1 Å². The Morgan fingerprint density at radius 3 is 2.67 bits per heavy atom. The Balaban J connectivity index is 2.06. The van der Waals surface area contributed by atoms with E-state index in [1.807, 2.05) is 43.3 Å². The maximum atomic E-state index is 12.3. The number of carbonyl (C=O) groups is 2. The van der Waals surface area contributed by atoms with Gasteiger partial charge in [0.05, 0.1) is 17.3 Å². The fraction of sp³-hybridized carbons (Fsp3) is 0.150. The lowest BCUT2D eigenvalue weighted by Crippen LogP contribution is -2.22. The highest BCUT2D eigenvalue weighted by atomic mass is 35.5. The van der Waals surface area contributed by atoms with Crippen LogP contribution in [-0.2, 0) is 20.9 Å². The Morgan fingerprint density at radius 2 is 1.96 bits per heavy atom. The summed E-state index contributed by atoms with van der Waals surface area (Å²) in [6.45, 7) is 1.82. The first-order valence-corrected chi connectivity index (χ1v) is 9.36. The lowest BCUT2D eigenvalue weighted by atomic mass is 10.2. The minimum absolute atomic E-state index is 0.0494. The molecule has 0 aliphatic carbocycles. The Labute approximate surface area is 165 Å². The third-order valence-corrected chi connectivity index (χ3v) is 5.42. The molecule has 0 fully saturated rings. The molecule has 5 nitrogen and oxygen atoms in total. The molecule has 0 atom stereocenters. The normalized spacial score (nSPS) is 12.0. The van der Waals surface area contributed by atoms with Crippen molar-refractivity contribution in [2.24, 2.45) is 4.99 Å². The first-order valence-electron chi connectivity index (χ1n) is 8.16. The zero-order valence-corrected chi connectivity index (χ0v) is 16.4. The van der Waals surface area contributed by atoms with E-state index in [9.17, 15) is 9.59 Å². The van der Waals surface area contributed by atoms with Crippen LogP contribution in [0.4, 0.5) is 0 Å². The summed E-state index contributed by atoms with van der Waals surface area (Å²) in [6, 6.07) is 13.1. The van der Waals surface area contributed by atoms with E-state index < -0.39 is 11.9 Å². The summed E-state index contributed by atoms with van der Waals surface area (Å²) in [4.78, 5) is 28.8. The summed E-state index contributed by atoms with van der Waals surface area (Å²) in [5.41, 5.74) is 2.50. The predicted molar refractivity (Wildman–Crippen MR) is 108 cm³/mol. The van der Waals surface area contributed by atoms with Crippen molar-refractivity contribution < 1.29 is 14.3 Å². The van der Waals surface area contributed by atoms with Gasteiger partial charge in [0.15, 0.2) is 4.80 Å².